The zero-order chi connectivity index (χ0) is 11.4. The van der Waals surface area contributed by atoms with Gasteiger partial charge in [-0.25, -0.2) is 0 Å². The zero-order valence-electron chi connectivity index (χ0n) is 9.62. The Morgan fingerprint density at radius 3 is 2.62 bits per heavy atom. The van der Waals surface area contributed by atoms with E-state index in [-0.39, 0.29) is 0 Å². The molecule has 0 radical (unpaired) electrons. The lowest BCUT2D eigenvalue weighted by Gasteiger charge is -2.23. The molecule has 3 heteroatoms. The van der Waals surface area contributed by atoms with Crippen LogP contribution in [0.3, 0.4) is 0 Å². The lowest BCUT2D eigenvalue weighted by molar-refractivity contribution is 0.319. The van der Waals surface area contributed by atoms with Gasteiger partial charge in [-0.2, -0.15) is 0 Å². The SMILES string of the molecule is NCC1CCCCCC1Cc1sccc1Br. The second-order valence-electron chi connectivity index (χ2n) is 4.79. The van der Waals surface area contributed by atoms with Crippen molar-refractivity contribution in [3.8, 4) is 0 Å². The highest BCUT2D eigenvalue weighted by atomic mass is 79.9. The molecule has 1 heterocycles. The molecule has 16 heavy (non-hydrogen) atoms. The van der Waals surface area contributed by atoms with E-state index in [1.54, 1.807) is 0 Å². The predicted octanol–water partition coefficient (Wildman–Crippen LogP) is 4.21. The maximum absolute atomic E-state index is 5.92. The van der Waals surface area contributed by atoms with Crippen LogP contribution in [0.2, 0.25) is 0 Å². The second-order valence-corrected chi connectivity index (χ2v) is 6.64. The van der Waals surface area contributed by atoms with Crippen LogP contribution >= 0.6 is 27.3 Å². The first-order valence-corrected chi connectivity index (χ1v) is 7.90. The number of halogens is 1. The predicted molar refractivity (Wildman–Crippen MR) is 74.8 cm³/mol. The van der Waals surface area contributed by atoms with Crippen LogP contribution in [0.5, 0.6) is 0 Å². The highest BCUT2D eigenvalue weighted by Gasteiger charge is 2.23. The Morgan fingerprint density at radius 2 is 2.00 bits per heavy atom. The minimum atomic E-state index is 0.747. The molecular formula is C13H20BrNS. The van der Waals surface area contributed by atoms with E-state index < -0.39 is 0 Å². The van der Waals surface area contributed by atoms with Gasteiger partial charge in [-0.05, 0) is 65.0 Å². The normalized spacial score (nSPS) is 26.6. The molecule has 90 valence electrons. The molecule has 1 aromatic rings. The average Bonchev–Trinajstić information content (AvgIpc) is 2.56. The smallest absolute Gasteiger partial charge is 0.0314 e. The van der Waals surface area contributed by atoms with Gasteiger partial charge in [0.05, 0.1) is 0 Å². The fourth-order valence-corrected chi connectivity index (χ4v) is 4.36. The van der Waals surface area contributed by atoms with Crippen molar-refractivity contribution in [1.29, 1.82) is 0 Å². The van der Waals surface area contributed by atoms with E-state index in [0.717, 1.165) is 18.4 Å². The van der Waals surface area contributed by atoms with Crippen molar-refractivity contribution in [2.75, 3.05) is 6.54 Å². The van der Waals surface area contributed by atoms with Gasteiger partial charge in [0, 0.05) is 9.35 Å². The lowest BCUT2D eigenvalue weighted by atomic mass is 9.85. The fourth-order valence-electron chi connectivity index (χ4n) is 2.75. The summed E-state index contributed by atoms with van der Waals surface area (Å²) in [5.41, 5.74) is 5.92. The highest BCUT2D eigenvalue weighted by Crippen LogP contribution is 2.34. The summed E-state index contributed by atoms with van der Waals surface area (Å²) in [6.45, 7) is 0.869. The fraction of sp³-hybridized carbons (Fsp3) is 0.692. The first kappa shape index (κ1) is 12.6. The van der Waals surface area contributed by atoms with Crippen LogP contribution in [-0.2, 0) is 6.42 Å². The molecule has 1 fully saturated rings. The van der Waals surface area contributed by atoms with Crippen molar-refractivity contribution in [3.05, 3.63) is 20.8 Å². The van der Waals surface area contributed by atoms with Gasteiger partial charge in [-0.1, -0.05) is 19.3 Å². The number of hydrogen-bond acceptors (Lipinski definition) is 2. The maximum Gasteiger partial charge on any atom is 0.0314 e. The van der Waals surface area contributed by atoms with Gasteiger partial charge in [-0.3, -0.25) is 0 Å². The Balaban J connectivity index is 2.03. The van der Waals surface area contributed by atoms with Crippen LogP contribution in [0.15, 0.2) is 15.9 Å². The third-order valence-corrected chi connectivity index (χ3v) is 5.71. The monoisotopic (exact) mass is 301 g/mol. The Hall–Kier alpha value is 0.140. The third kappa shape index (κ3) is 3.08. The molecule has 0 aliphatic heterocycles. The van der Waals surface area contributed by atoms with Gasteiger partial charge in [0.2, 0.25) is 0 Å². The van der Waals surface area contributed by atoms with Gasteiger partial charge in [-0.15, -0.1) is 11.3 Å². The van der Waals surface area contributed by atoms with Crippen molar-refractivity contribution in [2.24, 2.45) is 17.6 Å². The third-order valence-electron chi connectivity index (χ3n) is 3.76. The van der Waals surface area contributed by atoms with Crippen LogP contribution in [0.4, 0.5) is 0 Å². The molecule has 1 aliphatic rings. The van der Waals surface area contributed by atoms with Gasteiger partial charge in [0.1, 0.15) is 0 Å². The van der Waals surface area contributed by atoms with E-state index in [1.165, 1.54) is 47.9 Å². The summed E-state index contributed by atoms with van der Waals surface area (Å²) in [4.78, 5) is 1.50. The van der Waals surface area contributed by atoms with Crippen molar-refractivity contribution in [3.63, 3.8) is 0 Å². The van der Waals surface area contributed by atoms with Crippen LogP contribution < -0.4 is 5.73 Å². The molecule has 1 saturated carbocycles. The van der Waals surface area contributed by atoms with E-state index in [9.17, 15) is 0 Å². The van der Waals surface area contributed by atoms with Gasteiger partial charge < -0.3 is 5.73 Å². The number of thiophene rings is 1. The summed E-state index contributed by atoms with van der Waals surface area (Å²) in [7, 11) is 0. The summed E-state index contributed by atoms with van der Waals surface area (Å²) < 4.78 is 1.29. The van der Waals surface area contributed by atoms with Crippen molar-refractivity contribution in [2.45, 2.75) is 38.5 Å². The van der Waals surface area contributed by atoms with Crippen LogP contribution in [0, 0.1) is 11.8 Å². The van der Waals surface area contributed by atoms with Crippen LogP contribution in [0.25, 0.3) is 0 Å². The molecule has 0 amide bonds. The molecule has 0 spiro atoms. The summed E-state index contributed by atoms with van der Waals surface area (Å²) in [5, 5.41) is 2.17. The molecule has 0 aromatic carbocycles. The van der Waals surface area contributed by atoms with Gasteiger partial charge in [0.15, 0.2) is 0 Å². The molecular weight excluding hydrogens is 282 g/mol. The minimum absolute atomic E-state index is 0.747. The first-order chi connectivity index (χ1) is 7.81. The molecule has 2 unspecified atom stereocenters. The Labute approximate surface area is 111 Å². The summed E-state index contributed by atoms with van der Waals surface area (Å²) in [6, 6.07) is 2.16. The highest BCUT2D eigenvalue weighted by molar-refractivity contribution is 9.10. The van der Waals surface area contributed by atoms with Crippen molar-refractivity contribution in [1.82, 2.24) is 0 Å². The van der Waals surface area contributed by atoms with E-state index in [0.29, 0.717) is 0 Å². The van der Waals surface area contributed by atoms with Crippen molar-refractivity contribution < 1.29 is 0 Å². The lowest BCUT2D eigenvalue weighted by Crippen LogP contribution is -2.24. The average molecular weight is 302 g/mol. The zero-order valence-corrected chi connectivity index (χ0v) is 12.0. The van der Waals surface area contributed by atoms with Crippen LogP contribution in [-0.4, -0.2) is 6.54 Å². The number of nitrogens with two attached hydrogens (primary N) is 1. The molecule has 1 nitrogen and oxygen atoms in total. The Kier molecular flexibility index (Phi) is 4.86. The van der Waals surface area contributed by atoms with E-state index in [1.807, 2.05) is 11.3 Å². The van der Waals surface area contributed by atoms with Crippen molar-refractivity contribution >= 4 is 27.3 Å². The standard InChI is InChI=1S/C13H20BrNS/c14-12-6-7-16-13(12)8-10-4-2-1-3-5-11(10)9-15/h6-7,10-11H,1-5,8-9,15H2. The summed E-state index contributed by atoms with van der Waals surface area (Å²) >= 11 is 5.51. The molecule has 0 saturated heterocycles. The molecule has 1 aromatic heterocycles. The van der Waals surface area contributed by atoms with Gasteiger partial charge >= 0.3 is 0 Å². The largest absolute Gasteiger partial charge is 0.330 e. The summed E-state index contributed by atoms with van der Waals surface area (Å²) in [6.07, 6.45) is 8.10. The quantitative estimate of drug-likeness (QED) is 0.832. The molecule has 2 N–H and O–H groups in total. The van der Waals surface area contributed by atoms with Gasteiger partial charge in [0.25, 0.3) is 0 Å². The summed E-state index contributed by atoms with van der Waals surface area (Å²) in [5.74, 6) is 1.55. The topological polar surface area (TPSA) is 26.0 Å². The first-order valence-electron chi connectivity index (χ1n) is 6.23. The molecule has 2 atom stereocenters. The van der Waals surface area contributed by atoms with Crippen LogP contribution in [0.1, 0.15) is 37.0 Å². The number of hydrogen-bond donors (Lipinski definition) is 1. The van der Waals surface area contributed by atoms with E-state index in [4.69, 9.17) is 5.73 Å². The number of rotatable bonds is 3. The van der Waals surface area contributed by atoms with E-state index >= 15 is 0 Å². The molecule has 0 bridgehead atoms. The van der Waals surface area contributed by atoms with E-state index in [2.05, 4.69) is 27.4 Å². The maximum atomic E-state index is 5.92. The minimum Gasteiger partial charge on any atom is -0.330 e. The Bertz CT molecular complexity index is 323. The molecule has 1 aliphatic carbocycles. The second kappa shape index (κ2) is 6.18. The molecule has 2 rings (SSSR count). The Morgan fingerprint density at radius 1 is 1.25 bits per heavy atom.